The van der Waals surface area contributed by atoms with Crippen LogP contribution in [0.3, 0.4) is 0 Å². The van der Waals surface area contributed by atoms with Crippen LogP contribution < -0.4 is 0 Å². The molecule has 0 N–H and O–H groups in total. The predicted octanol–water partition coefficient (Wildman–Crippen LogP) is 16.0. The maximum absolute atomic E-state index is 9.13. The summed E-state index contributed by atoms with van der Waals surface area (Å²) in [6, 6.07) is 45.8. The van der Waals surface area contributed by atoms with E-state index < -0.39 is 21.5 Å². The van der Waals surface area contributed by atoms with Crippen molar-refractivity contribution in [2.45, 2.75) is 84.6 Å². The van der Waals surface area contributed by atoms with Gasteiger partial charge in [-0.05, 0) is 0 Å². The van der Waals surface area contributed by atoms with Gasteiger partial charge in [0.25, 0.3) is 0 Å². The third kappa shape index (κ3) is 6.06. The fraction of sp³-hybridized carbons (Fsp3) is 0.308. The molecule has 2 fully saturated rings. The average Bonchev–Trinajstić information content (AvgIpc) is 3.85. The molecule has 4 aliphatic carbocycles. The van der Waals surface area contributed by atoms with Gasteiger partial charge in [-0.25, -0.2) is 0 Å². The van der Waals surface area contributed by atoms with E-state index in [0.717, 1.165) is 0 Å². The molecule has 0 aliphatic heterocycles. The molecular weight excluding hydrogens is 815 g/mol. The van der Waals surface area contributed by atoms with Gasteiger partial charge in [-0.2, -0.15) is 0 Å². The Kier molecular flexibility index (Phi) is 9.77. The van der Waals surface area contributed by atoms with E-state index in [-0.39, 0.29) is 7.25 Å². The molecule has 6 aromatic carbocycles. The molecule has 0 spiro atoms. The standard InChI is InChI=1S/2C25H23.C2H7Si.2ClH.Zr/c2*1-2-7-18(8-3-1)23-16-21-11-6-12-24(25(21)17-23)22-14-13-19-9-4-5-10-20(19)15-22;1-3-2;;;/h2*4-6,9-18H,1-3,7-8H2;3H,1-2H3;2*1H;/q;;;;;+2/p-2. The van der Waals surface area contributed by atoms with Gasteiger partial charge in [0.05, 0.1) is 0 Å². The first-order valence-corrected chi connectivity index (χ1v) is 37.8. The van der Waals surface area contributed by atoms with Crippen molar-refractivity contribution in [3.05, 3.63) is 155 Å². The van der Waals surface area contributed by atoms with Crippen LogP contribution in [0.5, 0.6) is 0 Å². The maximum atomic E-state index is 9.13. The second-order valence-electron chi connectivity index (χ2n) is 17.9. The summed E-state index contributed by atoms with van der Waals surface area (Å²) < 4.78 is 0.245. The molecule has 283 valence electrons. The first-order valence-electron chi connectivity index (χ1n) is 21.5. The van der Waals surface area contributed by atoms with Gasteiger partial charge in [0.2, 0.25) is 0 Å². The molecule has 0 nitrogen and oxygen atoms in total. The molecule has 0 saturated heterocycles. The van der Waals surface area contributed by atoms with Gasteiger partial charge in [-0.15, -0.1) is 0 Å². The number of rotatable bonds is 7. The molecule has 0 heterocycles. The molecule has 0 amide bonds. The summed E-state index contributed by atoms with van der Waals surface area (Å²) in [5.74, 6) is -0.637. The first kappa shape index (κ1) is 37.3. The van der Waals surface area contributed by atoms with Crippen LogP contribution in [0.2, 0.25) is 13.1 Å². The Bertz CT molecular complexity index is 2380. The first-order chi connectivity index (χ1) is 27.3. The minimum atomic E-state index is -5.03. The molecule has 2 unspecified atom stereocenters. The van der Waals surface area contributed by atoms with Gasteiger partial charge < -0.3 is 0 Å². The van der Waals surface area contributed by atoms with Gasteiger partial charge in [-0.1, -0.05) is 0 Å². The van der Waals surface area contributed by atoms with E-state index in [1.54, 1.807) is 11.1 Å². The Balaban J connectivity index is 1.19. The Hall–Kier alpha value is -3.00. The number of benzene rings is 6. The van der Waals surface area contributed by atoms with Crippen molar-refractivity contribution >= 4 is 56.6 Å². The molecule has 4 aliphatic rings. The minimum absolute atomic E-state index is 0.122. The Labute approximate surface area is 342 Å². The summed E-state index contributed by atoms with van der Waals surface area (Å²) in [5.41, 5.74) is 14.0. The zero-order chi connectivity index (χ0) is 38.0. The molecule has 0 bridgehead atoms. The van der Waals surface area contributed by atoms with Crippen molar-refractivity contribution < 1.29 is 15.6 Å². The molecule has 10 rings (SSSR count). The molecule has 2 saturated carbocycles. The number of allylic oxidation sites excluding steroid dienone is 2. The second-order valence-corrected chi connectivity index (χ2v) is 60.5. The van der Waals surface area contributed by atoms with E-state index in [0.29, 0.717) is 11.8 Å². The molecule has 6 aromatic rings. The van der Waals surface area contributed by atoms with Gasteiger partial charge in [0.15, 0.2) is 0 Å². The van der Waals surface area contributed by atoms with Crippen LogP contribution in [0.15, 0.2) is 132 Å². The van der Waals surface area contributed by atoms with E-state index in [2.05, 4.69) is 147 Å². The zero-order valence-electron chi connectivity index (χ0n) is 32.9. The van der Waals surface area contributed by atoms with Crippen molar-refractivity contribution in [2.24, 2.45) is 11.8 Å². The molecule has 4 heteroatoms. The average molecular weight is 868 g/mol. The van der Waals surface area contributed by atoms with E-state index in [1.165, 1.54) is 130 Å². The summed E-state index contributed by atoms with van der Waals surface area (Å²) in [6.45, 7) is 5.08. The summed E-state index contributed by atoms with van der Waals surface area (Å²) >= 11 is -5.03. The van der Waals surface area contributed by atoms with E-state index in [9.17, 15) is 0 Å². The van der Waals surface area contributed by atoms with Crippen molar-refractivity contribution in [1.82, 2.24) is 0 Å². The topological polar surface area (TPSA) is 0 Å². The Morgan fingerprint density at radius 1 is 0.464 bits per heavy atom. The van der Waals surface area contributed by atoms with E-state index in [1.807, 2.05) is 0 Å². The molecule has 56 heavy (non-hydrogen) atoms. The fourth-order valence-electron chi connectivity index (χ4n) is 11.7. The van der Waals surface area contributed by atoms with Crippen molar-refractivity contribution in [1.29, 1.82) is 0 Å². The summed E-state index contributed by atoms with van der Waals surface area (Å²) in [5, 5.41) is 5.14. The van der Waals surface area contributed by atoms with Crippen LogP contribution in [-0.4, -0.2) is 5.92 Å². The molecule has 0 radical (unpaired) electrons. The van der Waals surface area contributed by atoms with Gasteiger partial charge in [0, 0.05) is 0 Å². The van der Waals surface area contributed by atoms with Crippen LogP contribution in [0.25, 0.3) is 56.0 Å². The number of hydrogen-bond donors (Lipinski definition) is 0. The third-order valence-electron chi connectivity index (χ3n) is 14.7. The third-order valence-corrected chi connectivity index (χ3v) is 66.3. The van der Waals surface area contributed by atoms with Crippen LogP contribution >= 0.6 is 17.0 Å². The van der Waals surface area contributed by atoms with E-state index >= 15 is 0 Å². The summed E-state index contributed by atoms with van der Waals surface area (Å²) in [4.78, 5) is 0. The van der Waals surface area contributed by atoms with Gasteiger partial charge >= 0.3 is 346 Å². The van der Waals surface area contributed by atoms with Gasteiger partial charge in [-0.3, -0.25) is 0 Å². The molecule has 0 aromatic heterocycles. The second kappa shape index (κ2) is 14.7. The van der Waals surface area contributed by atoms with Crippen molar-refractivity contribution in [3.8, 4) is 22.3 Å². The zero-order valence-corrected chi connectivity index (χ0v) is 38.0. The SMILES string of the molecule is C[SiH](C)[Zr]([Cl])([Cl])([CH]1C(C2CCCCC2)=Cc2c(-c3ccc4ccccc4c3)cccc21)[CH]1C(C2CCCCC2)=Cc2c(-c3ccc4ccccc4c3)cccc21. The Morgan fingerprint density at radius 3 is 1.29 bits per heavy atom. The number of hydrogen-bond acceptors (Lipinski definition) is 0. The van der Waals surface area contributed by atoms with Crippen LogP contribution in [-0.2, 0) is 15.6 Å². The normalized spacial score (nSPS) is 21.1. The van der Waals surface area contributed by atoms with Crippen LogP contribution in [0.4, 0.5) is 0 Å². The molecular formula is C52H53Cl2SiZr. The van der Waals surface area contributed by atoms with Crippen molar-refractivity contribution in [2.75, 3.05) is 0 Å². The van der Waals surface area contributed by atoms with Gasteiger partial charge in [0.1, 0.15) is 0 Å². The fourth-order valence-corrected chi connectivity index (χ4v) is 42.7. The number of halogens is 2. The van der Waals surface area contributed by atoms with Crippen molar-refractivity contribution in [3.63, 3.8) is 0 Å². The number of fused-ring (bicyclic) bond motifs is 4. The van der Waals surface area contributed by atoms with E-state index in [4.69, 9.17) is 17.0 Å². The summed E-state index contributed by atoms with van der Waals surface area (Å²) in [6.07, 6.45) is 18.1. The Morgan fingerprint density at radius 2 is 0.875 bits per heavy atom. The van der Waals surface area contributed by atoms with Crippen LogP contribution in [0, 0.1) is 11.8 Å². The summed E-state index contributed by atoms with van der Waals surface area (Å²) in [7, 11) is 18.3. The molecule has 2 atom stereocenters. The quantitative estimate of drug-likeness (QED) is 0.140. The monoisotopic (exact) mass is 865 g/mol. The predicted molar refractivity (Wildman–Crippen MR) is 244 cm³/mol. The van der Waals surface area contributed by atoms with Crippen LogP contribution in [0.1, 0.15) is 93.7 Å².